The van der Waals surface area contributed by atoms with Crippen molar-refractivity contribution in [3.05, 3.63) is 54.1 Å². The topological polar surface area (TPSA) is 58.7 Å². The normalized spacial score (nSPS) is 19.9. The van der Waals surface area contributed by atoms with Gasteiger partial charge in [-0.05, 0) is 61.9 Å². The lowest BCUT2D eigenvalue weighted by Crippen LogP contribution is -2.31. The fourth-order valence-corrected chi connectivity index (χ4v) is 4.94. The maximum absolute atomic E-state index is 5.70. The smallest absolute Gasteiger partial charge is 0.161 e. The van der Waals surface area contributed by atoms with E-state index in [0.717, 1.165) is 41.8 Å². The van der Waals surface area contributed by atoms with Gasteiger partial charge >= 0.3 is 0 Å². The number of ether oxygens (including phenoxy) is 2. The minimum absolute atomic E-state index is 0.489. The third-order valence-corrected chi connectivity index (χ3v) is 6.74. The van der Waals surface area contributed by atoms with Crippen LogP contribution in [0.3, 0.4) is 0 Å². The first-order valence-electron chi connectivity index (χ1n) is 12.1. The standard InChI is InChI=1S/C27H34N4O2/c1-31(2)24-16-27(30-23-6-4-3-5-22(23)24)29-21-10-7-19(8-11-21)17-28-18-20-9-12-25-26(15-20)33-14-13-32-25/h3-6,9,12,15-16,19,21,28H,7-8,10-11,13-14,17-18H2,1-2H3,(H,29,30)/t19-,21+. The first kappa shape index (κ1) is 21.8. The lowest BCUT2D eigenvalue weighted by Gasteiger charge is -2.30. The fourth-order valence-electron chi connectivity index (χ4n) is 4.94. The molecule has 0 atom stereocenters. The van der Waals surface area contributed by atoms with E-state index in [1.807, 2.05) is 6.07 Å². The van der Waals surface area contributed by atoms with Crippen LogP contribution in [0.15, 0.2) is 48.5 Å². The van der Waals surface area contributed by atoms with Gasteiger partial charge in [0.2, 0.25) is 0 Å². The van der Waals surface area contributed by atoms with E-state index in [0.29, 0.717) is 19.3 Å². The van der Waals surface area contributed by atoms with Crippen molar-refractivity contribution in [2.45, 2.75) is 38.3 Å². The molecule has 2 aliphatic rings. The summed E-state index contributed by atoms with van der Waals surface area (Å²) in [5, 5.41) is 8.56. The highest BCUT2D eigenvalue weighted by atomic mass is 16.6. The molecule has 33 heavy (non-hydrogen) atoms. The minimum atomic E-state index is 0.489. The van der Waals surface area contributed by atoms with E-state index in [1.54, 1.807) is 0 Å². The molecule has 6 nitrogen and oxygen atoms in total. The van der Waals surface area contributed by atoms with Gasteiger partial charge < -0.3 is 25.0 Å². The summed E-state index contributed by atoms with van der Waals surface area (Å²) in [7, 11) is 4.18. The molecule has 0 radical (unpaired) electrons. The summed E-state index contributed by atoms with van der Waals surface area (Å²) in [6.45, 7) is 3.19. The number of hydrogen-bond acceptors (Lipinski definition) is 6. The average molecular weight is 447 g/mol. The molecule has 2 heterocycles. The lowest BCUT2D eigenvalue weighted by molar-refractivity contribution is 0.171. The summed E-state index contributed by atoms with van der Waals surface area (Å²) in [4.78, 5) is 7.04. The molecular weight excluding hydrogens is 412 g/mol. The Balaban J connectivity index is 1.11. The molecule has 0 spiro atoms. The monoisotopic (exact) mass is 446 g/mol. The van der Waals surface area contributed by atoms with Crippen molar-refractivity contribution in [2.24, 2.45) is 5.92 Å². The van der Waals surface area contributed by atoms with Crippen LogP contribution in [-0.2, 0) is 6.54 Å². The van der Waals surface area contributed by atoms with Crippen molar-refractivity contribution in [2.75, 3.05) is 44.1 Å². The molecule has 2 N–H and O–H groups in total. The lowest BCUT2D eigenvalue weighted by atomic mass is 9.86. The first-order valence-corrected chi connectivity index (χ1v) is 12.1. The van der Waals surface area contributed by atoms with Crippen molar-refractivity contribution in [3.8, 4) is 11.5 Å². The van der Waals surface area contributed by atoms with Crippen molar-refractivity contribution >= 4 is 22.4 Å². The number of anilines is 2. The maximum Gasteiger partial charge on any atom is 0.161 e. The summed E-state index contributed by atoms with van der Waals surface area (Å²) in [5.74, 6) is 3.43. The van der Waals surface area contributed by atoms with E-state index in [4.69, 9.17) is 14.5 Å². The molecule has 174 valence electrons. The van der Waals surface area contributed by atoms with Crippen LogP contribution >= 0.6 is 0 Å². The van der Waals surface area contributed by atoms with Crippen LogP contribution in [0.1, 0.15) is 31.2 Å². The number of fused-ring (bicyclic) bond motifs is 2. The van der Waals surface area contributed by atoms with Crippen LogP contribution in [-0.4, -0.2) is 44.9 Å². The Kier molecular flexibility index (Phi) is 6.53. The predicted molar refractivity (Wildman–Crippen MR) is 135 cm³/mol. The number of nitrogens with zero attached hydrogens (tertiary/aromatic N) is 2. The zero-order valence-electron chi connectivity index (χ0n) is 19.6. The Morgan fingerprint density at radius 1 is 0.939 bits per heavy atom. The SMILES string of the molecule is CN(C)c1cc(N[C@H]2CC[C@@H](CNCc3ccc4c(c3)OCCO4)CC2)nc2ccccc12. The second-order valence-electron chi connectivity index (χ2n) is 9.41. The molecule has 2 aromatic carbocycles. The predicted octanol–water partition coefficient (Wildman–Crippen LogP) is 4.83. The van der Waals surface area contributed by atoms with Gasteiger partial charge in [-0.25, -0.2) is 4.98 Å². The summed E-state index contributed by atoms with van der Waals surface area (Å²) in [6, 6.07) is 17.3. The van der Waals surface area contributed by atoms with Crippen molar-refractivity contribution in [3.63, 3.8) is 0 Å². The molecule has 1 aliphatic heterocycles. The van der Waals surface area contributed by atoms with Crippen LogP contribution in [0.5, 0.6) is 11.5 Å². The van der Waals surface area contributed by atoms with Crippen LogP contribution in [0.4, 0.5) is 11.5 Å². The third-order valence-electron chi connectivity index (χ3n) is 6.74. The molecule has 0 bridgehead atoms. The zero-order chi connectivity index (χ0) is 22.6. The Labute approximate surface area is 196 Å². The highest BCUT2D eigenvalue weighted by Gasteiger charge is 2.22. The van der Waals surface area contributed by atoms with Gasteiger partial charge in [-0.15, -0.1) is 0 Å². The molecule has 1 aliphatic carbocycles. The Morgan fingerprint density at radius 3 is 2.55 bits per heavy atom. The van der Waals surface area contributed by atoms with Crippen LogP contribution in [0.25, 0.3) is 10.9 Å². The van der Waals surface area contributed by atoms with Gasteiger partial charge in [0.15, 0.2) is 11.5 Å². The van der Waals surface area contributed by atoms with Gasteiger partial charge in [0, 0.05) is 43.8 Å². The molecule has 1 saturated carbocycles. The zero-order valence-corrected chi connectivity index (χ0v) is 19.6. The Morgan fingerprint density at radius 2 is 1.73 bits per heavy atom. The number of nitrogens with one attached hydrogen (secondary N) is 2. The van der Waals surface area contributed by atoms with E-state index in [2.05, 4.69) is 72.1 Å². The summed E-state index contributed by atoms with van der Waals surface area (Å²) in [6.07, 6.45) is 4.84. The van der Waals surface area contributed by atoms with Crippen LogP contribution < -0.4 is 25.0 Å². The average Bonchev–Trinajstić information content (AvgIpc) is 2.84. The number of hydrogen-bond donors (Lipinski definition) is 2. The largest absolute Gasteiger partial charge is 0.486 e. The Bertz CT molecular complexity index is 1090. The van der Waals surface area contributed by atoms with Gasteiger partial charge in [0.05, 0.1) is 5.52 Å². The number of rotatable bonds is 7. The highest BCUT2D eigenvalue weighted by molar-refractivity contribution is 5.93. The highest BCUT2D eigenvalue weighted by Crippen LogP contribution is 2.32. The summed E-state index contributed by atoms with van der Waals surface area (Å²) in [5.41, 5.74) is 3.50. The minimum Gasteiger partial charge on any atom is -0.486 e. The van der Waals surface area contributed by atoms with Gasteiger partial charge in [-0.1, -0.05) is 24.3 Å². The first-order chi connectivity index (χ1) is 16.2. The molecule has 0 saturated heterocycles. The van der Waals surface area contributed by atoms with Crippen LogP contribution in [0.2, 0.25) is 0 Å². The van der Waals surface area contributed by atoms with Gasteiger partial charge in [-0.2, -0.15) is 0 Å². The number of aromatic nitrogens is 1. The molecule has 1 aromatic heterocycles. The van der Waals surface area contributed by atoms with Crippen molar-refractivity contribution in [1.82, 2.24) is 10.3 Å². The number of para-hydroxylation sites is 1. The Hall–Kier alpha value is -2.99. The summed E-state index contributed by atoms with van der Waals surface area (Å²) < 4.78 is 11.3. The molecule has 5 rings (SSSR count). The molecule has 0 amide bonds. The third kappa shape index (κ3) is 5.17. The van der Waals surface area contributed by atoms with Crippen molar-refractivity contribution < 1.29 is 9.47 Å². The van der Waals surface area contributed by atoms with E-state index >= 15 is 0 Å². The fraction of sp³-hybridized carbons (Fsp3) is 0.444. The second-order valence-corrected chi connectivity index (χ2v) is 9.41. The van der Waals surface area contributed by atoms with E-state index in [1.165, 1.54) is 42.3 Å². The molecule has 6 heteroatoms. The molecule has 3 aromatic rings. The van der Waals surface area contributed by atoms with Gasteiger partial charge in [0.25, 0.3) is 0 Å². The quantitative estimate of drug-likeness (QED) is 0.542. The molecular formula is C27H34N4O2. The number of benzene rings is 2. The van der Waals surface area contributed by atoms with Gasteiger partial charge in [-0.3, -0.25) is 0 Å². The summed E-state index contributed by atoms with van der Waals surface area (Å²) >= 11 is 0. The maximum atomic E-state index is 5.70. The molecule has 1 fully saturated rings. The number of pyridine rings is 1. The van der Waals surface area contributed by atoms with E-state index in [9.17, 15) is 0 Å². The van der Waals surface area contributed by atoms with Crippen LogP contribution in [0, 0.1) is 5.92 Å². The van der Waals surface area contributed by atoms with E-state index < -0.39 is 0 Å². The van der Waals surface area contributed by atoms with E-state index in [-0.39, 0.29) is 0 Å². The van der Waals surface area contributed by atoms with Crippen molar-refractivity contribution in [1.29, 1.82) is 0 Å². The molecule has 0 unspecified atom stereocenters. The van der Waals surface area contributed by atoms with Gasteiger partial charge in [0.1, 0.15) is 19.0 Å². The second kappa shape index (κ2) is 9.87.